The number of nitrogens with zero attached hydrogens (tertiary/aromatic N) is 1. The molecule has 1 aliphatic rings. The van der Waals surface area contributed by atoms with Crippen LogP contribution in [0.3, 0.4) is 0 Å². The van der Waals surface area contributed by atoms with Gasteiger partial charge in [0.2, 0.25) is 5.91 Å². The average molecular weight is 249 g/mol. The molecule has 0 atom stereocenters. The molecule has 2 rings (SSSR count). The van der Waals surface area contributed by atoms with Gasteiger partial charge in [-0.3, -0.25) is 9.59 Å². The maximum absolute atomic E-state index is 13.4. The summed E-state index contributed by atoms with van der Waals surface area (Å²) >= 11 is 0. The van der Waals surface area contributed by atoms with Crippen molar-refractivity contribution in [3.63, 3.8) is 0 Å². The summed E-state index contributed by atoms with van der Waals surface area (Å²) in [7, 11) is 0. The average Bonchev–Trinajstić information content (AvgIpc) is 2.35. The van der Waals surface area contributed by atoms with Crippen molar-refractivity contribution < 1.29 is 14.0 Å². The van der Waals surface area contributed by atoms with E-state index in [-0.39, 0.29) is 30.5 Å². The lowest BCUT2D eigenvalue weighted by Crippen LogP contribution is -2.39. The van der Waals surface area contributed by atoms with Crippen LogP contribution in [0.25, 0.3) is 0 Å². The summed E-state index contributed by atoms with van der Waals surface area (Å²) in [6, 6.07) is 6.25. The first-order valence-corrected chi connectivity index (χ1v) is 6.19. The Labute approximate surface area is 106 Å². The van der Waals surface area contributed by atoms with Crippen LogP contribution >= 0.6 is 0 Å². The number of amides is 1. The van der Waals surface area contributed by atoms with Crippen molar-refractivity contribution in [2.75, 3.05) is 13.1 Å². The summed E-state index contributed by atoms with van der Waals surface area (Å²) in [4.78, 5) is 24.9. The van der Waals surface area contributed by atoms with E-state index in [1.165, 1.54) is 6.07 Å². The third-order valence-corrected chi connectivity index (χ3v) is 3.13. The first-order chi connectivity index (χ1) is 8.66. The van der Waals surface area contributed by atoms with Crippen molar-refractivity contribution in [2.45, 2.75) is 25.7 Å². The fourth-order valence-corrected chi connectivity index (χ4v) is 2.15. The van der Waals surface area contributed by atoms with Crippen molar-refractivity contribution in [3.05, 3.63) is 35.6 Å². The number of carbonyl (C=O) groups excluding carboxylic acids is 2. The predicted molar refractivity (Wildman–Crippen MR) is 65.5 cm³/mol. The first-order valence-electron chi connectivity index (χ1n) is 6.19. The van der Waals surface area contributed by atoms with E-state index in [2.05, 4.69) is 0 Å². The fourth-order valence-electron chi connectivity index (χ4n) is 2.15. The van der Waals surface area contributed by atoms with Crippen LogP contribution in [0.5, 0.6) is 0 Å². The van der Waals surface area contributed by atoms with Crippen molar-refractivity contribution in [3.8, 4) is 0 Å². The number of benzene rings is 1. The Kier molecular flexibility index (Phi) is 4.07. The van der Waals surface area contributed by atoms with Gasteiger partial charge in [-0.1, -0.05) is 18.2 Å². The Morgan fingerprint density at radius 2 is 2.06 bits per heavy atom. The van der Waals surface area contributed by atoms with Gasteiger partial charge in [0.25, 0.3) is 0 Å². The van der Waals surface area contributed by atoms with Crippen molar-refractivity contribution in [1.82, 2.24) is 4.90 Å². The van der Waals surface area contributed by atoms with Crippen LogP contribution in [0, 0.1) is 5.82 Å². The monoisotopic (exact) mass is 249 g/mol. The van der Waals surface area contributed by atoms with E-state index in [0.717, 1.165) is 12.8 Å². The highest BCUT2D eigenvalue weighted by molar-refractivity contribution is 5.87. The van der Waals surface area contributed by atoms with E-state index in [0.29, 0.717) is 18.5 Å². The summed E-state index contributed by atoms with van der Waals surface area (Å²) in [5, 5.41) is 0. The summed E-state index contributed by atoms with van der Waals surface area (Å²) in [6.07, 6.45) is 2.42. The summed E-state index contributed by atoms with van der Waals surface area (Å²) < 4.78 is 13.4. The molecule has 0 radical (unpaired) electrons. The fraction of sp³-hybridized carbons (Fsp3) is 0.429. The number of piperidine rings is 1. The number of rotatable bonds is 4. The molecule has 1 fully saturated rings. The number of halogens is 1. The van der Waals surface area contributed by atoms with Crippen LogP contribution in [0.4, 0.5) is 4.39 Å². The zero-order valence-corrected chi connectivity index (χ0v) is 10.2. The number of carbonyl (C=O) groups is 2. The van der Waals surface area contributed by atoms with Gasteiger partial charge in [0.1, 0.15) is 5.82 Å². The number of hydrogen-bond donors (Lipinski definition) is 0. The molecule has 1 saturated heterocycles. The molecule has 0 unspecified atom stereocenters. The maximum Gasteiger partial charge on any atom is 0.222 e. The lowest BCUT2D eigenvalue weighted by atomic mass is 10.1. The molecule has 1 aromatic carbocycles. The number of Topliss-reactive ketones (excluding diaryl/α,β-unsaturated/α-hetero) is 1. The molecule has 18 heavy (non-hydrogen) atoms. The van der Waals surface area contributed by atoms with E-state index in [4.69, 9.17) is 0 Å². The van der Waals surface area contributed by atoms with Gasteiger partial charge < -0.3 is 4.90 Å². The van der Waals surface area contributed by atoms with Gasteiger partial charge in [0.15, 0.2) is 5.78 Å². The second-order valence-electron chi connectivity index (χ2n) is 4.58. The Balaban J connectivity index is 1.92. The molecule has 0 spiro atoms. The molecule has 0 N–H and O–H groups in total. The minimum Gasteiger partial charge on any atom is -0.335 e. The van der Waals surface area contributed by atoms with Crippen LogP contribution in [-0.4, -0.2) is 29.7 Å². The van der Waals surface area contributed by atoms with Gasteiger partial charge >= 0.3 is 0 Å². The predicted octanol–water partition coefficient (Wildman–Crippen LogP) is 1.95. The van der Waals surface area contributed by atoms with Gasteiger partial charge in [0.05, 0.1) is 6.54 Å². The quantitative estimate of drug-likeness (QED) is 0.818. The minimum absolute atomic E-state index is 0.0307. The third kappa shape index (κ3) is 3.15. The van der Waals surface area contributed by atoms with Gasteiger partial charge in [0, 0.05) is 19.4 Å². The molecular weight excluding hydrogens is 233 g/mol. The van der Waals surface area contributed by atoms with Gasteiger partial charge in [-0.2, -0.15) is 0 Å². The minimum atomic E-state index is -0.365. The summed E-state index contributed by atoms with van der Waals surface area (Å²) in [5.74, 6) is -0.450. The molecule has 96 valence electrons. The number of hydrogen-bond acceptors (Lipinski definition) is 2. The zero-order chi connectivity index (χ0) is 13.0. The smallest absolute Gasteiger partial charge is 0.222 e. The van der Waals surface area contributed by atoms with Gasteiger partial charge in [-0.15, -0.1) is 0 Å². The van der Waals surface area contributed by atoms with E-state index in [1.807, 2.05) is 0 Å². The molecule has 1 aliphatic heterocycles. The molecule has 1 aromatic rings. The standard InChI is InChI=1S/C14H16FNO2/c15-13-6-2-1-5-11(13)9-12(17)10-16-8-4-3-7-14(16)18/h1-2,5-6H,3-4,7-10H2. The largest absolute Gasteiger partial charge is 0.335 e. The second kappa shape index (κ2) is 5.76. The number of likely N-dealkylation sites (tertiary alicyclic amines) is 1. The molecule has 0 saturated carbocycles. The van der Waals surface area contributed by atoms with Crippen LogP contribution < -0.4 is 0 Å². The van der Waals surface area contributed by atoms with Crippen LogP contribution in [0.15, 0.2) is 24.3 Å². The molecule has 3 nitrogen and oxygen atoms in total. The molecule has 0 aromatic heterocycles. The Morgan fingerprint density at radius 1 is 1.28 bits per heavy atom. The highest BCUT2D eigenvalue weighted by Gasteiger charge is 2.20. The molecule has 1 heterocycles. The van der Waals surface area contributed by atoms with Crippen LogP contribution in [0.2, 0.25) is 0 Å². The van der Waals surface area contributed by atoms with E-state index < -0.39 is 0 Å². The second-order valence-corrected chi connectivity index (χ2v) is 4.58. The Morgan fingerprint density at radius 3 is 2.78 bits per heavy atom. The lowest BCUT2D eigenvalue weighted by Gasteiger charge is -2.25. The topological polar surface area (TPSA) is 37.4 Å². The normalized spacial score (nSPS) is 15.8. The SMILES string of the molecule is O=C(Cc1ccccc1F)CN1CCCCC1=O. The van der Waals surface area contributed by atoms with Gasteiger partial charge in [-0.25, -0.2) is 4.39 Å². The Bertz CT molecular complexity index is 459. The van der Waals surface area contributed by atoms with Crippen molar-refractivity contribution >= 4 is 11.7 Å². The molecule has 0 bridgehead atoms. The van der Waals surface area contributed by atoms with E-state index in [1.54, 1.807) is 23.1 Å². The molecule has 4 heteroatoms. The zero-order valence-electron chi connectivity index (χ0n) is 10.2. The summed E-state index contributed by atoms with van der Waals surface area (Å²) in [6.45, 7) is 0.745. The van der Waals surface area contributed by atoms with Crippen molar-refractivity contribution in [2.24, 2.45) is 0 Å². The van der Waals surface area contributed by atoms with Crippen molar-refractivity contribution in [1.29, 1.82) is 0 Å². The Hall–Kier alpha value is -1.71. The third-order valence-electron chi connectivity index (χ3n) is 3.13. The maximum atomic E-state index is 13.4. The van der Waals surface area contributed by atoms with Crippen LogP contribution in [0.1, 0.15) is 24.8 Å². The molecule has 0 aliphatic carbocycles. The van der Waals surface area contributed by atoms with E-state index in [9.17, 15) is 14.0 Å². The van der Waals surface area contributed by atoms with Crippen LogP contribution in [-0.2, 0) is 16.0 Å². The highest BCUT2D eigenvalue weighted by Crippen LogP contribution is 2.12. The molecule has 1 amide bonds. The van der Waals surface area contributed by atoms with E-state index >= 15 is 0 Å². The molecular formula is C14H16FNO2. The number of ketones is 1. The van der Waals surface area contributed by atoms with Gasteiger partial charge in [-0.05, 0) is 24.5 Å². The lowest BCUT2D eigenvalue weighted by molar-refractivity contribution is -0.137. The summed E-state index contributed by atoms with van der Waals surface area (Å²) in [5.41, 5.74) is 0.395. The first kappa shape index (κ1) is 12.7. The highest BCUT2D eigenvalue weighted by atomic mass is 19.1.